The summed E-state index contributed by atoms with van der Waals surface area (Å²) in [4.78, 5) is 5.29. The lowest BCUT2D eigenvalue weighted by Gasteiger charge is -2.61. The van der Waals surface area contributed by atoms with Crippen LogP contribution in [-0.4, -0.2) is 47.1 Å². The molecule has 3 saturated heterocycles. The van der Waals surface area contributed by atoms with Crippen LogP contribution in [-0.2, 0) is 0 Å². The lowest BCUT2D eigenvalue weighted by atomic mass is 9.82. The molecule has 0 saturated carbocycles. The molecule has 0 radical (unpaired) electrons. The Kier molecular flexibility index (Phi) is 2.16. The lowest BCUT2D eigenvalue weighted by Crippen LogP contribution is -2.72. The zero-order chi connectivity index (χ0) is 9.64. The van der Waals surface area contributed by atoms with Gasteiger partial charge in [-0.1, -0.05) is 6.92 Å². The summed E-state index contributed by atoms with van der Waals surface area (Å²) >= 11 is 0. The Morgan fingerprint density at radius 3 is 2.08 bits per heavy atom. The van der Waals surface area contributed by atoms with Crippen molar-refractivity contribution in [2.45, 2.75) is 51.7 Å². The van der Waals surface area contributed by atoms with Crippen molar-refractivity contribution in [1.29, 1.82) is 0 Å². The molecule has 76 valence electrons. The van der Waals surface area contributed by atoms with E-state index in [1.54, 1.807) is 0 Å². The van der Waals surface area contributed by atoms with Crippen LogP contribution in [0.1, 0.15) is 34.1 Å². The Morgan fingerprint density at radius 1 is 1.15 bits per heavy atom. The maximum absolute atomic E-state index is 2.71. The zero-order valence-electron chi connectivity index (χ0n) is 9.38. The third kappa shape index (κ3) is 1.50. The normalized spacial score (nSPS) is 36.0. The highest BCUT2D eigenvalue weighted by atomic mass is 15.4. The molecule has 13 heavy (non-hydrogen) atoms. The highest BCUT2D eigenvalue weighted by molar-refractivity contribution is 5.04. The van der Waals surface area contributed by atoms with Crippen molar-refractivity contribution in [3.63, 3.8) is 0 Å². The summed E-state index contributed by atoms with van der Waals surface area (Å²) in [5.41, 5.74) is 0.382. The van der Waals surface area contributed by atoms with Crippen LogP contribution in [0, 0.1) is 0 Å². The summed E-state index contributed by atoms with van der Waals surface area (Å²) in [5, 5.41) is 0. The maximum Gasteiger partial charge on any atom is 0.0247 e. The van der Waals surface area contributed by atoms with Crippen molar-refractivity contribution in [3.05, 3.63) is 0 Å². The van der Waals surface area contributed by atoms with E-state index in [9.17, 15) is 0 Å². The van der Waals surface area contributed by atoms with E-state index in [0.717, 1.165) is 12.1 Å². The molecule has 2 nitrogen and oxygen atoms in total. The third-order valence-electron chi connectivity index (χ3n) is 3.49. The molecule has 3 fully saturated rings. The molecule has 0 spiro atoms. The van der Waals surface area contributed by atoms with E-state index in [0.29, 0.717) is 5.54 Å². The molecule has 3 rings (SSSR count). The first-order valence-corrected chi connectivity index (χ1v) is 5.53. The number of hydrogen-bond acceptors (Lipinski definition) is 2. The minimum absolute atomic E-state index is 0.382. The van der Waals surface area contributed by atoms with E-state index < -0.39 is 0 Å². The van der Waals surface area contributed by atoms with Gasteiger partial charge >= 0.3 is 0 Å². The number of nitrogens with zero attached hydrogens (tertiary/aromatic N) is 2. The monoisotopic (exact) mass is 182 g/mol. The Bertz CT molecular complexity index is 183. The van der Waals surface area contributed by atoms with Crippen molar-refractivity contribution >= 4 is 0 Å². The standard InChI is InChI=1S/C11H22N2/c1-5-12-7-9-6-10(8-12)13(9)11(2,3)4/h9-10H,5-8H2,1-4H3. The van der Waals surface area contributed by atoms with E-state index in [-0.39, 0.29) is 0 Å². The highest BCUT2D eigenvalue weighted by Gasteiger charge is 2.48. The average molecular weight is 182 g/mol. The van der Waals surface area contributed by atoms with Gasteiger partial charge in [-0.2, -0.15) is 0 Å². The van der Waals surface area contributed by atoms with Crippen LogP contribution in [0.4, 0.5) is 0 Å². The van der Waals surface area contributed by atoms with Crippen LogP contribution in [0.25, 0.3) is 0 Å². The molecule has 0 aromatic rings. The largest absolute Gasteiger partial charge is 0.300 e. The minimum atomic E-state index is 0.382. The summed E-state index contributed by atoms with van der Waals surface area (Å²) in [5.74, 6) is 0. The van der Waals surface area contributed by atoms with Gasteiger partial charge in [-0.3, -0.25) is 4.90 Å². The molecular weight excluding hydrogens is 160 g/mol. The molecule has 3 heterocycles. The first-order valence-electron chi connectivity index (χ1n) is 5.53. The van der Waals surface area contributed by atoms with Gasteiger partial charge in [0, 0.05) is 30.7 Å². The van der Waals surface area contributed by atoms with Crippen molar-refractivity contribution in [1.82, 2.24) is 9.80 Å². The molecule has 0 aromatic heterocycles. The van der Waals surface area contributed by atoms with Gasteiger partial charge in [0.2, 0.25) is 0 Å². The Hall–Kier alpha value is -0.0800. The SMILES string of the molecule is CCN1CC2CC(C1)N2C(C)(C)C. The zero-order valence-corrected chi connectivity index (χ0v) is 9.38. The van der Waals surface area contributed by atoms with Gasteiger partial charge in [0.25, 0.3) is 0 Å². The second kappa shape index (κ2) is 2.96. The van der Waals surface area contributed by atoms with Gasteiger partial charge in [-0.15, -0.1) is 0 Å². The summed E-state index contributed by atoms with van der Waals surface area (Å²) in [7, 11) is 0. The molecular formula is C11H22N2. The highest BCUT2D eigenvalue weighted by Crippen LogP contribution is 2.37. The Labute approximate surface area is 81.9 Å². The summed E-state index contributed by atoms with van der Waals surface area (Å²) in [6.07, 6.45) is 1.44. The molecule has 0 aromatic carbocycles. The molecule has 0 aliphatic carbocycles. The summed E-state index contributed by atoms with van der Waals surface area (Å²) in [6.45, 7) is 13.1. The molecule has 3 aliphatic rings. The van der Waals surface area contributed by atoms with E-state index in [1.807, 2.05) is 0 Å². The number of likely N-dealkylation sites (N-methyl/N-ethyl adjacent to an activating group) is 1. The molecule has 2 atom stereocenters. The third-order valence-corrected chi connectivity index (χ3v) is 3.49. The van der Waals surface area contributed by atoms with Gasteiger partial charge in [0.15, 0.2) is 0 Å². The molecule has 2 bridgehead atoms. The average Bonchev–Trinajstić information content (AvgIpc) is 2.01. The Balaban J connectivity index is 2.00. The topological polar surface area (TPSA) is 6.48 Å². The second-order valence-corrected chi connectivity index (χ2v) is 5.47. The van der Waals surface area contributed by atoms with E-state index in [2.05, 4.69) is 37.5 Å². The fourth-order valence-corrected chi connectivity index (χ4v) is 3.05. The van der Waals surface area contributed by atoms with E-state index in [1.165, 1.54) is 26.1 Å². The fraction of sp³-hybridized carbons (Fsp3) is 1.00. The van der Waals surface area contributed by atoms with Gasteiger partial charge in [0.1, 0.15) is 0 Å². The predicted molar refractivity (Wildman–Crippen MR) is 55.9 cm³/mol. The Morgan fingerprint density at radius 2 is 1.69 bits per heavy atom. The van der Waals surface area contributed by atoms with Gasteiger partial charge in [-0.25, -0.2) is 0 Å². The van der Waals surface area contributed by atoms with Crippen molar-refractivity contribution in [3.8, 4) is 0 Å². The van der Waals surface area contributed by atoms with E-state index in [4.69, 9.17) is 0 Å². The molecule has 3 aliphatic heterocycles. The van der Waals surface area contributed by atoms with Crippen molar-refractivity contribution in [2.24, 2.45) is 0 Å². The maximum atomic E-state index is 2.71. The molecule has 2 heteroatoms. The van der Waals surface area contributed by atoms with Gasteiger partial charge in [0.05, 0.1) is 0 Å². The van der Waals surface area contributed by atoms with Crippen LogP contribution in [0.15, 0.2) is 0 Å². The molecule has 0 amide bonds. The molecule has 0 N–H and O–H groups in total. The first kappa shape index (κ1) is 9.47. The van der Waals surface area contributed by atoms with Crippen molar-refractivity contribution < 1.29 is 0 Å². The number of piperazine rings is 1. The van der Waals surface area contributed by atoms with Crippen LogP contribution in [0.2, 0.25) is 0 Å². The minimum Gasteiger partial charge on any atom is -0.300 e. The predicted octanol–water partition coefficient (Wildman–Crippen LogP) is 1.56. The smallest absolute Gasteiger partial charge is 0.0247 e. The molecule has 2 unspecified atom stereocenters. The number of piperidine rings is 1. The van der Waals surface area contributed by atoms with Gasteiger partial charge in [-0.05, 0) is 33.7 Å². The number of rotatable bonds is 1. The fourth-order valence-electron chi connectivity index (χ4n) is 3.05. The first-order chi connectivity index (χ1) is 6.02. The number of fused-ring (bicyclic) bond motifs is 2. The van der Waals surface area contributed by atoms with E-state index >= 15 is 0 Å². The van der Waals surface area contributed by atoms with Gasteiger partial charge < -0.3 is 4.90 Å². The quantitative estimate of drug-likeness (QED) is 0.607. The van der Waals surface area contributed by atoms with Crippen molar-refractivity contribution in [2.75, 3.05) is 19.6 Å². The lowest BCUT2D eigenvalue weighted by molar-refractivity contribution is -0.118. The van der Waals surface area contributed by atoms with Crippen LogP contribution >= 0.6 is 0 Å². The summed E-state index contributed by atoms with van der Waals surface area (Å²) < 4.78 is 0. The summed E-state index contributed by atoms with van der Waals surface area (Å²) in [6, 6.07) is 1.69. The second-order valence-electron chi connectivity index (χ2n) is 5.47. The van der Waals surface area contributed by atoms with Crippen LogP contribution in [0.3, 0.4) is 0 Å². The van der Waals surface area contributed by atoms with Crippen LogP contribution < -0.4 is 0 Å². The van der Waals surface area contributed by atoms with Crippen LogP contribution in [0.5, 0.6) is 0 Å². The number of hydrogen-bond donors (Lipinski definition) is 0.